The van der Waals surface area contributed by atoms with E-state index >= 15 is 0 Å². The first-order chi connectivity index (χ1) is 9.15. The van der Waals surface area contributed by atoms with Crippen molar-refractivity contribution in [3.63, 3.8) is 0 Å². The Labute approximate surface area is 134 Å². The highest BCUT2D eigenvalue weighted by Crippen LogP contribution is 2.26. The number of hydrogen-bond acceptors (Lipinski definition) is 3. The van der Waals surface area contributed by atoms with Gasteiger partial charge in [-0.1, -0.05) is 6.42 Å². The summed E-state index contributed by atoms with van der Waals surface area (Å²) in [5.41, 5.74) is 6.33. The summed E-state index contributed by atoms with van der Waals surface area (Å²) < 4.78 is 5.92. The van der Waals surface area contributed by atoms with Gasteiger partial charge >= 0.3 is 0 Å². The molecule has 3 N–H and O–H groups in total. The third kappa shape index (κ3) is 3.87. The summed E-state index contributed by atoms with van der Waals surface area (Å²) in [5.74, 6) is 1.000. The second-order valence-corrected chi connectivity index (χ2v) is 5.71. The summed E-state index contributed by atoms with van der Waals surface area (Å²) in [7, 11) is 1.59. The van der Waals surface area contributed by atoms with E-state index in [-0.39, 0.29) is 24.4 Å². The third-order valence-corrected chi connectivity index (χ3v) is 4.39. The van der Waals surface area contributed by atoms with Crippen LogP contribution in [0.3, 0.4) is 0 Å². The maximum absolute atomic E-state index is 12.3. The van der Waals surface area contributed by atoms with Gasteiger partial charge < -0.3 is 15.8 Å². The van der Waals surface area contributed by atoms with Crippen LogP contribution >= 0.6 is 28.3 Å². The van der Waals surface area contributed by atoms with Gasteiger partial charge in [0, 0.05) is 10.5 Å². The van der Waals surface area contributed by atoms with Crippen LogP contribution in [-0.2, 0) is 0 Å². The van der Waals surface area contributed by atoms with Gasteiger partial charge in [-0.2, -0.15) is 0 Å². The smallest absolute Gasteiger partial charge is 0.252 e. The molecule has 1 fully saturated rings. The number of rotatable bonds is 4. The van der Waals surface area contributed by atoms with E-state index in [0.717, 1.165) is 23.7 Å². The van der Waals surface area contributed by atoms with Crippen LogP contribution in [0, 0.1) is 5.92 Å². The zero-order chi connectivity index (χ0) is 13.8. The van der Waals surface area contributed by atoms with Crippen molar-refractivity contribution in [3.05, 3.63) is 28.2 Å². The van der Waals surface area contributed by atoms with Crippen molar-refractivity contribution in [3.8, 4) is 5.75 Å². The summed E-state index contributed by atoms with van der Waals surface area (Å²) in [4.78, 5) is 12.3. The average molecular weight is 364 g/mol. The molecule has 20 heavy (non-hydrogen) atoms. The molecule has 1 aromatic carbocycles. The Balaban J connectivity index is 0.00000200. The zero-order valence-corrected chi connectivity index (χ0v) is 13.8. The molecule has 1 amide bonds. The first-order valence-electron chi connectivity index (χ1n) is 6.50. The highest BCUT2D eigenvalue weighted by molar-refractivity contribution is 9.10. The number of benzene rings is 1. The van der Waals surface area contributed by atoms with E-state index in [4.69, 9.17) is 10.5 Å². The van der Waals surface area contributed by atoms with Gasteiger partial charge in [-0.3, -0.25) is 4.79 Å². The Morgan fingerprint density at radius 1 is 1.50 bits per heavy atom. The molecule has 4 nitrogen and oxygen atoms in total. The minimum Gasteiger partial charge on any atom is -0.497 e. The number of carbonyl (C=O) groups excluding carboxylic acids is 1. The van der Waals surface area contributed by atoms with Crippen molar-refractivity contribution in [1.82, 2.24) is 5.32 Å². The Morgan fingerprint density at radius 2 is 2.25 bits per heavy atom. The van der Waals surface area contributed by atoms with Gasteiger partial charge in [0.1, 0.15) is 5.75 Å². The minimum absolute atomic E-state index is 0. The van der Waals surface area contributed by atoms with Crippen molar-refractivity contribution in [2.24, 2.45) is 11.7 Å². The molecule has 1 aromatic rings. The largest absolute Gasteiger partial charge is 0.497 e. The summed E-state index contributed by atoms with van der Waals surface area (Å²) >= 11 is 3.40. The predicted molar refractivity (Wildman–Crippen MR) is 85.6 cm³/mol. The molecule has 6 heteroatoms. The fraction of sp³-hybridized carbons (Fsp3) is 0.500. The molecule has 0 aliphatic heterocycles. The van der Waals surface area contributed by atoms with Crippen LogP contribution in [0.25, 0.3) is 0 Å². The first kappa shape index (κ1) is 17.3. The van der Waals surface area contributed by atoms with Gasteiger partial charge in [-0.25, -0.2) is 0 Å². The summed E-state index contributed by atoms with van der Waals surface area (Å²) in [5, 5.41) is 3.08. The van der Waals surface area contributed by atoms with E-state index in [1.54, 1.807) is 13.2 Å². The van der Waals surface area contributed by atoms with Crippen molar-refractivity contribution >= 4 is 34.2 Å². The number of nitrogens with two attached hydrogens (primary N) is 1. The molecule has 2 unspecified atom stereocenters. The van der Waals surface area contributed by atoms with Crippen LogP contribution in [-0.4, -0.2) is 25.6 Å². The lowest BCUT2D eigenvalue weighted by Gasteiger charge is -2.20. The second kappa shape index (κ2) is 7.86. The van der Waals surface area contributed by atoms with Crippen LogP contribution in [0.15, 0.2) is 22.7 Å². The topological polar surface area (TPSA) is 64.3 Å². The zero-order valence-electron chi connectivity index (χ0n) is 11.4. The van der Waals surface area contributed by atoms with Gasteiger partial charge in [0.05, 0.1) is 12.7 Å². The summed E-state index contributed by atoms with van der Waals surface area (Å²) in [6, 6.07) is 5.57. The molecule has 0 saturated heterocycles. The molecule has 2 rings (SSSR count). The van der Waals surface area contributed by atoms with Crippen LogP contribution in [0.1, 0.15) is 29.6 Å². The molecule has 0 bridgehead atoms. The molecule has 1 aliphatic carbocycles. The molecule has 1 saturated carbocycles. The molecular formula is C14H20BrClN2O2. The monoisotopic (exact) mass is 362 g/mol. The second-order valence-electron chi connectivity index (χ2n) is 4.85. The minimum atomic E-state index is -0.0730. The normalized spacial score (nSPS) is 21.1. The van der Waals surface area contributed by atoms with Gasteiger partial charge in [-0.15, -0.1) is 12.4 Å². The number of carbonyl (C=O) groups is 1. The van der Waals surface area contributed by atoms with Crippen LogP contribution in [0.4, 0.5) is 0 Å². The van der Waals surface area contributed by atoms with E-state index in [9.17, 15) is 4.79 Å². The lowest BCUT2D eigenvalue weighted by molar-refractivity contribution is 0.0927. The number of amides is 1. The summed E-state index contributed by atoms with van der Waals surface area (Å²) in [6.07, 6.45) is 3.24. The number of hydrogen-bond donors (Lipinski definition) is 2. The Kier molecular flexibility index (Phi) is 6.79. The average Bonchev–Trinajstić information content (AvgIpc) is 2.86. The van der Waals surface area contributed by atoms with E-state index in [0.29, 0.717) is 23.8 Å². The maximum atomic E-state index is 12.3. The highest BCUT2D eigenvalue weighted by Gasteiger charge is 2.28. The standard InChI is InChI=1S/C14H19BrN2O2.ClH/c1-19-10-5-6-12(15)11(7-10)14(18)17-13-4-2-3-9(13)8-16;/h5-7,9,13H,2-4,8,16H2,1H3,(H,17,18);1H. The number of nitrogens with one attached hydrogen (secondary N) is 1. The Hall–Kier alpha value is -0.780. The Morgan fingerprint density at radius 3 is 2.90 bits per heavy atom. The van der Waals surface area contributed by atoms with Gasteiger partial charge in [-0.05, 0) is 59.4 Å². The van der Waals surface area contributed by atoms with E-state index < -0.39 is 0 Å². The van der Waals surface area contributed by atoms with E-state index in [1.165, 1.54) is 0 Å². The maximum Gasteiger partial charge on any atom is 0.252 e. The predicted octanol–water partition coefficient (Wildman–Crippen LogP) is 2.74. The van der Waals surface area contributed by atoms with Gasteiger partial charge in [0.2, 0.25) is 0 Å². The van der Waals surface area contributed by atoms with Crippen molar-refractivity contribution in [1.29, 1.82) is 0 Å². The van der Waals surface area contributed by atoms with Crippen LogP contribution < -0.4 is 15.8 Å². The first-order valence-corrected chi connectivity index (χ1v) is 7.29. The number of ether oxygens (including phenoxy) is 1. The molecule has 0 spiro atoms. The molecule has 0 aromatic heterocycles. The number of halogens is 2. The highest BCUT2D eigenvalue weighted by atomic mass is 79.9. The number of methoxy groups -OCH3 is 1. The SMILES string of the molecule is COc1ccc(Br)c(C(=O)NC2CCCC2CN)c1.Cl. The molecule has 0 heterocycles. The van der Waals surface area contributed by atoms with Gasteiger partial charge in [0.15, 0.2) is 0 Å². The molecule has 0 radical (unpaired) electrons. The summed E-state index contributed by atoms with van der Waals surface area (Å²) in [6.45, 7) is 0.629. The Bertz CT molecular complexity index is 470. The molecular weight excluding hydrogens is 344 g/mol. The van der Waals surface area contributed by atoms with Gasteiger partial charge in [0.25, 0.3) is 5.91 Å². The lowest BCUT2D eigenvalue weighted by atomic mass is 10.0. The van der Waals surface area contributed by atoms with Crippen LogP contribution in [0.2, 0.25) is 0 Å². The van der Waals surface area contributed by atoms with Crippen LogP contribution in [0.5, 0.6) is 5.75 Å². The fourth-order valence-corrected chi connectivity index (χ4v) is 2.99. The van der Waals surface area contributed by atoms with E-state index in [2.05, 4.69) is 21.2 Å². The van der Waals surface area contributed by atoms with Crippen molar-refractivity contribution < 1.29 is 9.53 Å². The van der Waals surface area contributed by atoms with Crippen molar-refractivity contribution in [2.75, 3.05) is 13.7 Å². The molecule has 1 aliphatic rings. The van der Waals surface area contributed by atoms with Crippen molar-refractivity contribution in [2.45, 2.75) is 25.3 Å². The molecule has 2 atom stereocenters. The molecule has 112 valence electrons. The third-order valence-electron chi connectivity index (χ3n) is 3.70. The quantitative estimate of drug-likeness (QED) is 0.864. The lowest BCUT2D eigenvalue weighted by Crippen LogP contribution is -2.40. The fourth-order valence-electron chi connectivity index (χ4n) is 2.56. The van der Waals surface area contributed by atoms with E-state index in [1.807, 2.05) is 12.1 Å².